The Kier molecular flexibility index (Phi) is 4.41. The summed E-state index contributed by atoms with van der Waals surface area (Å²) in [6.07, 6.45) is 6.23. The van der Waals surface area contributed by atoms with Crippen LogP contribution in [0.25, 0.3) is 5.69 Å². The van der Waals surface area contributed by atoms with Gasteiger partial charge in [0.1, 0.15) is 0 Å². The molecule has 2 aromatic rings. The molecule has 1 fully saturated rings. The van der Waals surface area contributed by atoms with Crippen molar-refractivity contribution in [1.29, 1.82) is 0 Å². The fourth-order valence-electron chi connectivity index (χ4n) is 2.94. The van der Waals surface area contributed by atoms with Crippen molar-refractivity contribution >= 4 is 11.9 Å². The molecule has 0 bridgehead atoms. The Morgan fingerprint density at radius 1 is 1.13 bits per heavy atom. The second-order valence-electron chi connectivity index (χ2n) is 5.86. The van der Waals surface area contributed by atoms with Gasteiger partial charge in [0.15, 0.2) is 0 Å². The number of nitrogens with zero attached hydrogens (tertiary/aromatic N) is 2. The number of aliphatic carboxylic acids is 1. The van der Waals surface area contributed by atoms with E-state index in [9.17, 15) is 9.59 Å². The molecule has 1 saturated carbocycles. The summed E-state index contributed by atoms with van der Waals surface area (Å²) >= 11 is 0. The zero-order valence-electron chi connectivity index (χ0n) is 12.7. The minimum absolute atomic E-state index is 0.0592. The van der Waals surface area contributed by atoms with Crippen molar-refractivity contribution in [2.24, 2.45) is 5.92 Å². The number of rotatable bonds is 4. The van der Waals surface area contributed by atoms with E-state index in [-0.39, 0.29) is 17.9 Å². The van der Waals surface area contributed by atoms with Crippen molar-refractivity contribution in [1.82, 2.24) is 15.1 Å². The Morgan fingerprint density at radius 2 is 1.83 bits per heavy atom. The molecule has 0 aliphatic heterocycles. The molecule has 0 saturated heterocycles. The normalized spacial score (nSPS) is 20.9. The molecule has 1 aliphatic rings. The minimum atomic E-state index is -0.732. The highest BCUT2D eigenvalue weighted by Crippen LogP contribution is 2.24. The monoisotopic (exact) mass is 313 g/mol. The van der Waals surface area contributed by atoms with E-state index >= 15 is 0 Å². The molecule has 1 amide bonds. The Balaban J connectivity index is 1.57. The third-order valence-electron chi connectivity index (χ3n) is 4.31. The van der Waals surface area contributed by atoms with E-state index in [1.807, 2.05) is 24.4 Å². The number of hydrogen-bond donors (Lipinski definition) is 2. The van der Waals surface area contributed by atoms with Crippen LogP contribution >= 0.6 is 0 Å². The van der Waals surface area contributed by atoms with E-state index in [0.717, 1.165) is 5.69 Å². The predicted octanol–water partition coefficient (Wildman–Crippen LogP) is 2.25. The molecular formula is C17H19N3O3. The lowest BCUT2D eigenvalue weighted by Gasteiger charge is -2.26. The Labute approximate surface area is 134 Å². The summed E-state index contributed by atoms with van der Waals surface area (Å²) in [5.74, 6) is -1.11. The maximum absolute atomic E-state index is 12.3. The molecule has 1 aromatic heterocycles. The summed E-state index contributed by atoms with van der Waals surface area (Å²) in [5.41, 5.74) is 1.50. The van der Waals surface area contributed by atoms with Gasteiger partial charge >= 0.3 is 5.97 Å². The number of carbonyl (C=O) groups excluding carboxylic acids is 1. The first kappa shape index (κ1) is 15.3. The quantitative estimate of drug-likeness (QED) is 0.906. The van der Waals surface area contributed by atoms with Gasteiger partial charge in [-0.1, -0.05) is 0 Å². The fourth-order valence-corrected chi connectivity index (χ4v) is 2.94. The maximum atomic E-state index is 12.3. The molecule has 1 heterocycles. The third-order valence-corrected chi connectivity index (χ3v) is 4.31. The van der Waals surface area contributed by atoms with E-state index in [2.05, 4.69) is 10.4 Å². The molecule has 0 unspecified atom stereocenters. The van der Waals surface area contributed by atoms with E-state index in [4.69, 9.17) is 5.11 Å². The smallest absolute Gasteiger partial charge is 0.306 e. The number of carboxylic acids is 1. The highest BCUT2D eigenvalue weighted by Gasteiger charge is 2.26. The Morgan fingerprint density at radius 3 is 2.39 bits per heavy atom. The predicted molar refractivity (Wildman–Crippen MR) is 84.4 cm³/mol. The average molecular weight is 313 g/mol. The van der Waals surface area contributed by atoms with Crippen molar-refractivity contribution in [3.63, 3.8) is 0 Å². The standard InChI is InChI=1S/C17H19N3O3/c21-16(19-14-6-2-13(3-7-14)17(22)23)12-4-8-15(9-5-12)20-11-1-10-18-20/h1,4-5,8-11,13-14H,2-3,6-7H2,(H,19,21)(H,22,23). The average Bonchev–Trinajstić information content (AvgIpc) is 3.10. The highest BCUT2D eigenvalue weighted by molar-refractivity contribution is 5.94. The molecule has 2 N–H and O–H groups in total. The molecular weight excluding hydrogens is 294 g/mol. The minimum Gasteiger partial charge on any atom is -0.481 e. The van der Waals surface area contributed by atoms with Gasteiger partial charge < -0.3 is 10.4 Å². The SMILES string of the molecule is O=C(NC1CCC(C(=O)O)CC1)c1ccc(-n2cccn2)cc1. The lowest BCUT2D eigenvalue weighted by atomic mass is 9.86. The van der Waals surface area contributed by atoms with Crippen LogP contribution in [0.5, 0.6) is 0 Å². The maximum Gasteiger partial charge on any atom is 0.306 e. The van der Waals surface area contributed by atoms with Crippen LogP contribution in [0.2, 0.25) is 0 Å². The van der Waals surface area contributed by atoms with Gasteiger partial charge in [-0.2, -0.15) is 5.10 Å². The summed E-state index contributed by atoms with van der Waals surface area (Å²) in [5, 5.41) is 16.1. The molecule has 0 atom stereocenters. The highest BCUT2D eigenvalue weighted by atomic mass is 16.4. The molecule has 3 rings (SSSR count). The summed E-state index contributed by atoms with van der Waals surface area (Å²) in [6.45, 7) is 0. The van der Waals surface area contributed by atoms with Crippen LogP contribution < -0.4 is 5.32 Å². The summed E-state index contributed by atoms with van der Waals surface area (Å²) in [4.78, 5) is 23.2. The van der Waals surface area contributed by atoms with Gasteiger partial charge in [-0.25, -0.2) is 4.68 Å². The van der Waals surface area contributed by atoms with Gasteiger partial charge in [-0.05, 0) is 56.0 Å². The third kappa shape index (κ3) is 3.59. The van der Waals surface area contributed by atoms with Crippen LogP contribution in [-0.4, -0.2) is 32.8 Å². The lowest BCUT2D eigenvalue weighted by molar-refractivity contribution is -0.142. The Bertz CT molecular complexity index is 672. The summed E-state index contributed by atoms with van der Waals surface area (Å²) in [6, 6.07) is 9.15. The van der Waals surface area contributed by atoms with E-state index < -0.39 is 5.97 Å². The first-order valence-corrected chi connectivity index (χ1v) is 7.77. The summed E-state index contributed by atoms with van der Waals surface area (Å²) in [7, 11) is 0. The van der Waals surface area contributed by atoms with Crippen molar-refractivity contribution < 1.29 is 14.7 Å². The van der Waals surface area contributed by atoms with Crippen LogP contribution in [0.4, 0.5) is 0 Å². The van der Waals surface area contributed by atoms with Gasteiger partial charge in [0.2, 0.25) is 0 Å². The zero-order valence-corrected chi connectivity index (χ0v) is 12.7. The van der Waals surface area contributed by atoms with Gasteiger partial charge in [0.05, 0.1) is 11.6 Å². The number of nitrogens with one attached hydrogen (secondary N) is 1. The van der Waals surface area contributed by atoms with Crippen molar-refractivity contribution in [2.45, 2.75) is 31.7 Å². The van der Waals surface area contributed by atoms with Crippen LogP contribution in [-0.2, 0) is 4.79 Å². The lowest BCUT2D eigenvalue weighted by Crippen LogP contribution is -2.38. The molecule has 1 aliphatic carbocycles. The van der Waals surface area contributed by atoms with Crippen LogP contribution in [0.1, 0.15) is 36.0 Å². The van der Waals surface area contributed by atoms with Crippen molar-refractivity contribution in [3.05, 3.63) is 48.3 Å². The second-order valence-corrected chi connectivity index (χ2v) is 5.86. The van der Waals surface area contributed by atoms with Gasteiger partial charge in [0.25, 0.3) is 5.91 Å². The first-order valence-electron chi connectivity index (χ1n) is 7.77. The number of hydrogen-bond acceptors (Lipinski definition) is 3. The van der Waals surface area contributed by atoms with Crippen molar-refractivity contribution in [2.75, 3.05) is 0 Å². The van der Waals surface area contributed by atoms with E-state index in [1.165, 1.54) is 0 Å². The molecule has 6 heteroatoms. The number of benzene rings is 1. The Hall–Kier alpha value is -2.63. The van der Waals surface area contributed by atoms with Gasteiger partial charge in [0, 0.05) is 24.0 Å². The van der Waals surface area contributed by atoms with Crippen LogP contribution in [0, 0.1) is 5.92 Å². The van der Waals surface area contributed by atoms with Gasteiger partial charge in [-0.3, -0.25) is 9.59 Å². The molecule has 0 spiro atoms. The summed E-state index contributed by atoms with van der Waals surface area (Å²) < 4.78 is 1.73. The molecule has 0 radical (unpaired) electrons. The second kappa shape index (κ2) is 6.64. The molecule has 1 aromatic carbocycles. The largest absolute Gasteiger partial charge is 0.481 e. The molecule has 23 heavy (non-hydrogen) atoms. The van der Waals surface area contributed by atoms with Crippen molar-refractivity contribution in [3.8, 4) is 5.69 Å². The number of carbonyl (C=O) groups is 2. The van der Waals surface area contributed by atoms with E-state index in [1.54, 1.807) is 23.0 Å². The van der Waals surface area contributed by atoms with Gasteiger partial charge in [-0.15, -0.1) is 0 Å². The number of aromatic nitrogens is 2. The zero-order chi connectivity index (χ0) is 16.2. The molecule has 6 nitrogen and oxygen atoms in total. The van der Waals surface area contributed by atoms with Crippen LogP contribution in [0.15, 0.2) is 42.7 Å². The number of carboxylic acid groups (broad SMARTS) is 1. The van der Waals surface area contributed by atoms with E-state index in [0.29, 0.717) is 31.2 Å². The first-order chi connectivity index (χ1) is 11.1. The fraction of sp³-hybridized carbons (Fsp3) is 0.353. The number of amides is 1. The molecule has 120 valence electrons. The topological polar surface area (TPSA) is 84.2 Å². The van der Waals surface area contributed by atoms with Crippen LogP contribution in [0.3, 0.4) is 0 Å².